The van der Waals surface area contributed by atoms with Crippen molar-refractivity contribution in [2.75, 3.05) is 0 Å². The number of carbonyl (C=O) groups excluding carboxylic acids is 1. The Morgan fingerprint density at radius 3 is 2.50 bits per heavy atom. The average Bonchev–Trinajstić information content (AvgIpc) is 2.31. The molecule has 1 rings (SSSR count). The number of benzene rings is 1. The van der Waals surface area contributed by atoms with Gasteiger partial charge in [0, 0.05) is 5.57 Å². The van der Waals surface area contributed by atoms with E-state index >= 15 is 0 Å². The highest BCUT2D eigenvalue weighted by molar-refractivity contribution is 5.85. The fourth-order valence-corrected chi connectivity index (χ4v) is 1.36. The van der Waals surface area contributed by atoms with E-state index in [4.69, 9.17) is 0 Å². The monoisotopic (exact) mass is 214 g/mol. The van der Waals surface area contributed by atoms with Gasteiger partial charge < -0.3 is 0 Å². The second-order valence-corrected chi connectivity index (χ2v) is 3.86. The number of hydrogen-bond acceptors (Lipinski definition) is 1. The van der Waals surface area contributed by atoms with Crippen LogP contribution in [0.2, 0.25) is 0 Å². The van der Waals surface area contributed by atoms with Crippen LogP contribution < -0.4 is 0 Å². The summed E-state index contributed by atoms with van der Waals surface area (Å²) in [6, 6.07) is 8.13. The zero-order valence-electron chi connectivity index (χ0n) is 9.94. The summed E-state index contributed by atoms with van der Waals surface area (Å²) in [5.74, 6) is 0. The van der Waals surface area contributed by atoms with Crippen molar-refractivity contribution in [3.8, 4) is 0 Å². The lowest BCUT2D eigenvalue weighted by molar-refractivity contribution is -0.104. The number of unbranched alkanes of at least 4 members (excludes halogenated alkanes) is 1. The Hall–Kier alpha value is -1.63. The number of allylic oxidation sites excluding steroid dienone is 3. The van der Waals surface area contributed by atoms with Gasteiger partial charge in [0.05, 0.1) is 0 Å². The molecule has 0 fully saturated rings. The van der Waals surface area contributed by atoms with Crippen molar-refractivity contribution in [2.45, 2.75) is 26.7 Å². The fraction of sp³-hybridized carbons (Fsp3) is 0.267. The van der Waals surface area contributed by atoms with E-state index in [1.54, 1.807) is 0 Å². The van der Waals surface area contributed by atoms with E-state index in [0.717, 1.165) is 30.3 Å². The van der Waals surface area contributed by atoms with Gasteiger partial charge >= 0.3 is 0 Å². The summed E-state index contributed by atoms with van der Waals surface area (Å²) < 4.78 is 0. The summed E-state index contributed by atoms with van der Waals surface area (Å²) in [5.41, 5.74) is 3.01. The zero-order valence-corrected chi connectivity index (χ0v) is 9.94. The molecule has 0 atom stereocenters. The van der Waals surface area contributed by atoms with Gasteiger partial charge in [0.25, 0.3) is 0 Å². The topological polar surface area (TPSA) is 17.1 Å². The molecule has 0 spiro atoms. The van der Waals surface area contributed by atoms with Crippen LogP contribution in [-0.4, -0.2) is 6.29 Å². The van der Waals surface area contributed by atoms with Gasteiger partial charge in [-0.3, -0.25) is 4.79 Å². The molecule has 0 amide bonds. The summed E-state index contributed by atoms with van der Waals surface area (Å²) in [5, 5.41) is 0. The van der Waals surface area contributed by atoms with E-state index in [-0.39, 0.29) is 0 Å². The van der Waals surface area contributed by atoms with Crippen molar-refractivity contribution in [1.82, 2.24) is 0 Å². The molecule has 1 aromatic rings. The van der Waals surface area contributed by atoms with Crippen LogP contribution in [0.4, 0.5) is 0 Å². The van der Waals surface area contributed by atoms with Crippen LogP contribution in [0.3, 0.4) is 0 Å². The lowest BCUT2D eigenvalue weighted by Gasteiger charge is -1.96. The van der Waals surface area contributed by atoms with E-state index in [1.165, 1.54) is 5.56 Å². The highest BCUT2D eigenvalue weighted by Gasteiger charge is 1.91. The molecule has 0 unspecified atom stereocenters. The van der Waals surface area contributed by atoms with Crippen molar-refractivity contribution < 1.29 is 4.79 Å². The molecule has 0 aromatic heterocycles. The van der Waals surface area contributed by atoms with Gasteiger partial charge in [-0.2, -0.15) is 0 Å². The molecule has 1 nitrogen and oxygen atoms in total. The predicted octanol–water partition coefficient (Wildman–Crippen LogP) is 3.93. The minimum atomic E-state index is 0.720. The van der Waals surface area contributed by atoms with E-state index in [0.29, 0.717) is 0 Å². The van der Waals surface area contributed by atoms with Crippen LogP contribution in [0.25, 0.3) is 6.08 Å². The Balaban J connectivity index is 2.79. The second kappa shape index (κ2) is 6.78. The second-order valence-electron chi connectivity index (χ2n) is 3.86. The molecule has 1 heteroatoms. The van der Waals surface area contributed by atoms with Gasteiger partial charge in [-0.05, 0) is 25.0 Å². The molecular formula is C15H18O. The van der Waals surface area contributed by atoms with Crippen LogP contribution in [0.15, 0.2) is 42.0 Å². The molecule has 1 aromatic carbocycles. The molecule has 16 heavy (non-hydrogen) atoms. The Morgan fingerprint density at radius 2 is 1.94 bits per heavy atom. The Kier molecular flexibility index (Phi) is 5.27. The Bertz CT molecular complexity index is 382. The van der Waals surface area contributed by atoms with Crippen molar-refractivity contribution >= 4 is 12.4 Å². The lowest BCUT2D eigenvalue weighted by atomic mass is 10.1. The minimum Gasteiger partial charge on any atom is -0.298 e. The largest absolute Gasteiger partial charge is 0.298 e. The van der Waals surface area contributed by atoms with Gasteiger partial charge in [-0.25, -0.2) is 0 Å². The summed E-state index contributed by atoms with van der Waals surface area (Å²) in [7, 11) is 0. The minimum absolute atomic E-state index is 0.720. The first kappa shape index (κ1) is 12.4. The number of aldehydes is 1. The van der Waals surface area contributed by atoms with Crippen LogP contribution in [-0.2, 0) is 4.79 Å². The maximum atomic E-state index is 10.9. The van der Waals surface area contributed by atoms with Crippen LogP contribution in [0.1, 0.15) is 30.9 Å². The number of rotatable bonds is 5. The smallest absolute Gasteiger partial charge is 0.150 e. The van der Waals surface area contributed by atoms with Crippen LogP contribution in [0.5, 0.6) is 0 Å². The summed E-state index contributed by atoms with van der Waals surface area (Å²) in [6.07, 6.45) is 8.83. The first-order chi connectivity index (χ1) is 7.76. The van der Waals surface area contributed by atoms with Crippen LogP contribution in [0, 0.1) is 6.92 Å². The normalized spacial score (nSPS) is 12.0. The van der Waals surface area contributed by atoms with E-state index in [9.17, 15) is 4.79 Å². The average molecular weight is 214 g/mol. The third-order valence-electron chi connectivity index (χ3n) is 2.31. The SMILES string of the molecule is CCCC=CC(C=O)=Cc1ccc(C)cc1. The van der Waals surface area contributed by atoms with Crippen molar-refractivity contribution in [3.05, 3.63) is 53.1 Å². The van der Waals surface area contributed by atoms with Gasteiger partial charge in [-0.15, -0.1) is 0 Å². The highest BCUT2D eigenvalue weighted by atomic mass is 16.1. The molecule has 0 saturated carbocycles. The Morgan fingerprint density at radius 1 is 1.25 bits per heavy atom. The maximum Gasteiger partial charge on any atom is 0.150 e. The lowest BCUT2D eigenvalue weighted by Crippen LogP contribution is -1.81. The standard InChI is InChI=1S/C15H18O/c1-3-4-5-6-15(12-16)11-14-9-7-13(2)8-10-14/h5-12H,3-4H2,1-2H3. The number of hydrogen-bond donors (Lipinski definition) is 0. The predicted molar refractivity (Wildman–Crippen MR) is 69.3 cm³/mol. The quantitative estimate of drug-likeness (QED) is 0.412. The first-order valence-corrected chi connectivity index (χ1v) is 5.66. The Labute approximate surface area is 97.5 Å². The first-order valence-electron chi connectivity index (χ1n) is 5.66. The molecule has 0 saturated heterocycles. The molecule has 0 bridgehead atoms. The summed E-state index contributed by atoms with van der Waals surface area (Å²) >= 11 is 0. The van der Waals surface area contributed by atoms with Crippen LogP contribution >= 0.6 is 0 Å². The summed E-state index contributed by atoms with van der Waals surface area (Å²) in [6.45, 7) is 4.17. The molecular weight excluding hydrogens is 196 g/mol. The number of carbonyl (C=O) groups is 1. The van der Waals surface area contributed by atoms with Crippen molar-refractivity contribution in [3.63, 3.8) is 0 Å². The van der Waals surface area contributed by atoms with E-state index < -0.39 is 0 Å². The molecule has 0 aliphatic heterocycles. The zero-order chi connectivity index (χ0) is 11.8. The maximum absolute atomic E-state index is 10.9. The number of aryl methyl sites for hydroxylation is 1. The molecule has 0 heterocycles. The van der Waals surface area contributed by atoms with Crippen molar-refractivity contribution in [2.24, 2.45) is 0 Å². The highest BCUT2D eigenvalue weighted by Crippen LogP contribution is 2.08. The van der Waals surface area contributed by atoms with Crippen molar-refractivity contribution in [1.29, 1.82) is 0 Å². The van der Waals surface area contributed by atoms with Gasteiger partial charge in [-0.1, -0.05) is 55.3 Å². The fourth-order valence-electron chi connectivity index (χ4n) is 1.36. The van der Waals surface area contributed by atoms with E-state index in [1.807, 2.05) is 42.5 Å². The summed E-state index contributed by atoms with van der Waals surface area (Å²) in [4.78, 5) is 10.9. The van der Waals surface area contributed by atoms with Gasteiger partial charge in [0.15, 0.2) is 0 Å². The van der Waals surface area contributed by atoms with E-state index in [2.05, 4.69) is 13.8 Å². The van der Waals surface area contributed by atoms with Gasteiger partial charge in [0.1, 0.15) is 6.29 Å². The van der Waals surface area contributed by atoms with Gasteiger partial charge in [0.2, 0.25) is 0 Å². The third kappa shape index (κ3) is 4.26. The molecule has 0 aliphatic carbocycles. The molecule has 0 aliphatic rings. The third-order valence-corrected chi connectivity index (χ3v) is 2.31. The molecule has 0 N–H and O–H groups in total. The molecule has 0 radical (unpaired) electrons. The molecule has 84 valence electrons.